The number of hydrogen-bond acceptors (Lipinski definition) is 3. The van der Waals surface area contributed by atoms with Crippen molar-refractivity contribution < 1.29 is 78.1 Å². The summed E-state index contributed by atoms with van der Waals surface area (Å²) in [5.41, 5.74) is -2.30. The topological polar surface area (TPSA) is 0 Å². The Hall–Kier alpha value is -15.5. The lowest BCUT2D eigenvalue weighted by atomic mass is 9.85. The summed E-state index contributed by atoms with van der Waals surface area (Å²) in [6.07, 6.45) is 0. The summed E-state index contributed by atoms with van der Waals surface area (Å²) in [5.74, 6) is 0. The lowest BCUT2D eigenvalue weighted by Crippen LogP contribution is -1.90. The fourth-order valence-corrected chi connectivity index (χ4v) is 19.7. The van der Waals surface area contributed by atoms with Gasteiger partial charge in [0.15, 0.2) is 0 Å². The summed E-state index contributed by atoms with van der Waals surface area (Å²) in [6, 6.07) is -4.19. The van der Waals surface area contributed by atoms with Crippen LogP contribution in [0.4, 0.5) is 0 Å². The lowest BCUT2D eigenvalue weighted by Gasteiger charge is -2.18. The van der Waals surface area contributed by atoms with Crippen LogP contribution in [0.25, 0.3) is 257 Å². The molecule has 0 aliphatic rings. The van der Waals surface area contributed by atoms with Crippen molar-refractivity contribution >= 4 is 202 Å². The molecule has 3 heterocycles. The van der Waals surface area contributed by atoms with Crippen molar-refractivity contribution in [1.29, 1.82) is 0 Å². The van der Waals surface area contributed by atoms with Gasteiger partial charge in [-0.2, -0.15) is 0 Å². The maximum absolute atomic E-state index is 9.49. The second-order valence-corrected chi connectivity index (χ2v) is 32.2. The van der Waals surface area contributed by atoms with E-state index in [2.05, 4.69) is 48.5 Å². The zero-order valence-electron chi connectivity index (χ0n) is 122. The minimum absolute atomic E-state index is 0.0166. The standard InChI is InChI=1S/2C42H26S.C40H24S/c1-2-11-28(12-3-1)41-33-15-4-6-17-35(33)42(36-18-7-5-16-34(36)41)29-23-21-27(22-24-29)31-19-10-13-30-25-38-32-14-8-9-20-39(32)43-40(38)26-37(30)31;1-2-10-28(11-3-1)41-34-14-6-8-16-36(34)42(37-17-9-7-15-35(37)41)29-20-18-27(19-21-29)32-22-23-33-38-24-30-12-4-5-13-31(30)25-40(38)43-39(33)26-32;1-2-10-26-21-29(18-17-25(26)9-1)39-32-13-5-7-15-34(32)40(35-16-8-6-14-33(35)39)30-19-20-31-36-22-27-11-3-4-12-28(27)23-38(36)41-37(31)24-30/h2*1-26H;1-24H/i4D,5D,6D,7D,15D,16D,17D,18D;1D,2D,3D,4D,5D,6D,7D,8D,9D,10D,11D,12D,13D,14D,15D,16D,17D,18D,19D,20D,21D,22D,23D,24D,25D,26D;1D,2D,3D,4D,5D,6D,7D,8D,9D,10D,11D,12D,13D,14D,15D,16D,17D,18D,19D,20D,21D,22D,23D. The highest BCUT2D eigenvalue weighted by Gasteiger charge is 2.23. The average Bonchev–Trinajstić information content (AvgIpc) is 0.704. The van der Waals surface area contributed by atoms with Gasteiger partial charge in [-0.15, -0.1) is 34.0 Å². The Morgan fingerprint density at radius 1 is 0.142 bits per heavy atom. The van der Waals surface area contributed by atoms with Gasteiger partial charge in [0.1, 0.15) is 0 Å². The molecule has 590 valence electrons. The van der Waals surface area contributed by atoms with E-state index < -0.39 is 424 Å². The number of rotatable bonds is 8. The predicted molar refractivity (Wildman–Crippen MR) is 557 cm³/mol. The Morgan fingerprint density at radius 2 is 0.504 bits per heavy atom. The first-order valence-corrected chi connectivity index (χ1v) is 41.5. The van der Waals surface area contributed by atoms with E-state index in [0.29, 0.717) is 33.6 Å². The molecule has 27 aromatic rings. The smallest absolute Gasteiger partial charge is 0.0644 e. The molecule has 0 saturated heterocycles. The molecule has 127 heavy (non-hydrogen) atoms. The van der Waals surface area contributed by atoms with Gasteiger partial charge in [-0.3, -0.25) is 0 Å². The summed E-state index contributed by atoms with van der Waals surface area (Å²) >= 11 is 3.26. The normalized spacial score (nSPS) is 18.1. The molecule has 27 rings (SSSR count). The molecule has 24 aromatic carbocycles. The van der Waals surface area contributed by atoms with Crippen molar-refractivity contribution in [1.82, 2.24) is 0 Å². The van der Waals surface area contributed by atoms with Gasteiger partial charge in [-0.05, 0) is 257 Å². The van der Waals surface area contributed by atoms with Crippen LogP contribution >= 0.6 is 34.0 Å². The van der Waals surface area contributed by atoms with E-state index in [1.54, 1.807) is 35.6 Å². The molecule has 3 heteroatoms. The molecule has 0 saturated carbocycles. The molecule has 0 radical (unpaired) electrons. The van der Waals surface area contributed by atoms with Gasteiger partial charge in [0.05, 0.1) is 78.1 Å². The maximum atomic E-state index is 9.49. The number of hydrogen-bond donors (Lipinski definition) is 0. The van der Waals surface area contributed by atoms with E-state index in [1.165, 1.54) is 26.2 Å². The predicted octanol–water partition coefficient (Wildman–Crippen LogP) is 37.0. The summed E-state index contributed by atoms with van der Waals surface area (Å²) < 4.78 is 509. The first-order valence-electron chi connectivity index (χ1n) is 67.5. The third-order valence-electron chi connectivity index (χ3n) is 22.0. The molecule has 0 atom stereocenters. The zero-order valence-corrected chi connectivity index (χ0v) is 67.1. The SMILES string of the molecule is [2H]c1c([2H])c([2H])c(-c2c3c([2H])c([2H])c([2H])c([2H])c3c(-c3c([2H])c([2H])c(-c4c([2H])c([2H])c5c(sc6c([2H])c7c([2H])c([2H])c([2H])c([2H])c7c([2H])c65)c4[2H])c([2H])c3[2H])c3c([2H])c([2H])c([2H])c([2H])c23)c([2H])c1[2H].[2H]c1c([2H])c([2H])c2c(-c3ccc(-c4cccc5cc6c(cc45)sc4ccccc46)cc3)c3c([2H])c([2H])c([2H])c([2H])c3c(-c3ccccc3)c2c1[2H].[2H]c1c([2H])c([2H])c2c([2H])c(-c3c4c([2H])c([2H])c([2H])c([2H])c4c(-c4cc5sc6c([2H])c7c([2H])c([2H])c([2H])c([2H])c7c([2H])c6c5c([2H])c4[2H])c4c([2H])c([2H])c([2H])c([2H])c34)c([2H])c([2H])c2c1[2H]. The van der Waals surface area contributed by atoms with Gasteiger partial charge in [0.2, 0.25) is 0 Å². The van der Waals surface area contributed by atoms with E-state index >= 15 is 0 Å². The Balaban J connectivity index is 0.000000137. The van der Waals surface area contributed by atoms with Gasteiger partial charge in [-0.25, -0.2) is 0 Å². The quantitative estimate of drug-likeness (QED) is 0.133. The molecule has 0 aliphatic heterocycles. The highest BCUT2D eigenvalue weighted by Crippen LogP contribution is 2.51. The van der Waals surface area contributed by atoms with Gasteiger partial charge in [0, 0.05) is 60.5 Å². The Labute approximate surface area is 826 Å². The fourth-order valence-electron chi connectivity index (χ4n) is 16.5. The Bertz CT molecular complexity index is 12600. The summed E-state index contributed by atoms with van der Waals surface area (Å²) in [6.45, 7) is 0. The van der Waals surface area contributed by atoms with Crippen molar-refractivity contribution in [2.24, 2.45) is 0 Å². The first kappa shape index (κ1) is 36.8. The van der Waals surface area contributed by atoms with Crippen molar-refractivity contribution in [3.63, 3.8) is 0 Å². The number of benzene rings is 24. The third-order valence-corrected chi connectivity index (χ3v) is 25.2. The molecule has 3 aromatic heterocycles. The van der Waals surface area contributed by atoms with Crippen molar-refractivity contribution in [2.45, 2.75) is 0 Å². The van der Waals surface area contributed by atoms with Crippen molar-refractivity contribution in [3.8, 4) is 89.0 Å². The van der Waals surface area contributed by atoms with E-state index in [-0.39, 0.29) is 113 Å². The van der Waals surface area contributed by atoms with Crippen molar-refractivity contribution in [2.75, 3.05) is 0 Å². The van der Waals surface area contributed by atoms with Gasteiger partial charge in [-0.1, -0.05) is 399 Å². The molecular formula is C124H76S3. The first-order chi connectivity index (χ1) is 86.7. The molecule has 0 nitrogen and oxygen atoms in total. The average molecular weight is 1720 g/mol. The second kappa shape index (κ2) is 30.8. The van der Waals surface area contributed by atoms with Gasteiger partial charge in [0.25, 0.3) is 0 Å². The molecule has 0 spiro atoms. The molecule has 0 fully saturated rings. The molecule has 0 bridgehead atoms. The molecule has 0 amide bonds. The van der Waals surface area contributed by atoms with Crippen LogP contribution in [0.3, 0.4) is 0 Å². The fraction of sp³-hybridized carbons (Fsp3) is 0. The molecule has 0 N–H and O–H groups in total. The van der Waals surface area contributed by atoms with E-state index in [1.807, 2.05) is 36.4 Å². The van der Waals surface area contributed by atoms with Crippen LogP contribution in [0.15, 0.2) is 460 Å². The summed E-state index contributed by atoms with van der Waals surface area (Å²) in [5, 5.41) is -2.01. The Morgan fingerprint density at radius 3 is 1.04 bits per heavy atom. The minimum atomic E-state index is -1.03. The van der Waals surface area contributed by atoms with Crippen LogP contribution in [-0.2, 0) is 0 Å². The molecular weight excluding hydrogens is 1590 g/mol. The monoisotopic (exact) mass is 1720 g/mol. The van der Waals surface area contributed by atoms with E-state index in [9.17, 15) is 21.9 Å². The second-order valence-electron chi connectivity index (χ2n) is 29.0. The molecule has 0 unspecified atom stereocenters. The summed E-state index contributed by atoms with van der Waals surface area (Å²) in [7, 11) is 0. The summed E-state index contributed by atoms with van der Waals surface area (Å²) in [4.78, 5) is 0. The van der Waals surface area contributed by atoms with E-state index in [4.69, 9.17) is 56.2 Å². The number of thiophene rings is 3. The van der Waals surface area contributed by atoms with Crippen LogP contribution in [0, 0.1) is 0 Å². The van der Waals surface area contributed by atoms with Crippen molar-refractivity contribution in [3.05, 3.63) is 460 Å². The van der Waals surface area contributed by atoms with Crippen LogP contribution in [0.1, 0.15) is 78.1 Å². The van der Waals surface area contributed by atoms with Gasteiger partial charge < -0.3 is 0 Å². The van der Waals surface area contributed by atoms with Crippen LogP contribution in [0.5, 0.6) is 0 Å². The highest BCUT2D eigenvalue weighted by atomic mass is 32.1. The van der Waals surface area contributed by atoms with Crippen LogP contribution in [-0.4, -0.2) is 0 Å². The highest BCUT2D eigenvalue weighted by molar-refractivity contribution is 7.26. The molecule has 0 aliphatic carbocycles. The Kier molecular flexibility index (Phi) is 8.91. The largest absolute Gasteiger partial charge is 0.135 e. The van der Waals surface area contributed by atoms with Crippen LogP contribution < -0.4 is 0 Å². The maximum Gasteiger partial charge on any atom is 0.0644 e. The third kappa shape index (κ3) is 12.8. The minimum Gasteiger partial charge on any atom is -0.135 e. The van der Waals surface area contributed by atoms with Crippen LogP contribution in [0.2, 0.25) is 0 Å². The van der Waals surface area contributed by atoms with Gasteiger partial charge >= 0.3 is 0 Å². The zero-order chi connectivity index (χ0) is 133. The van der Waals surface area contributed by atoms with E-state index in [0.717, 1.165) is 33.2 Å². The lowest BCUT2D eigenvalue weighted by molar-refractivity contribution is 1.63. The number of fused-ring (bicyclic) bond motifs is 19.